The van der Waals surface area contributed by atoms with Crippen molar-refractivity contribution in [1.29, 1.82) is 0 Å². The van der Waals surface area contributed by atoms with Gasteiger partial charge in [0.2, 0.25) is 0 Å². The van der Waals surface area contributed by atoms with Crippen LogP contribution in [-0.4, -0.2) is 15.6 Å². The van der Waals surface area contributed by atoms with Gasteiger partial charge in [-0.3, -0.25) is 4.79 Å². The van der Waals surface area contributed by atoms with E-state index in [2.05, 4.69) is 97.8 Å². The third-order valence-corrected chi connectivity index (χ3v) is 14.7. The van der Waals surface area contributed by atoms with Crippen molar-refractivity contribution in [3.8, 4) is 29.9 Å². The van der Waals surface area contributed by atoms with E-state index in [1.807, 2.05) is 22.7 Å². The van der Waals surface area contributed by atoms with Crippen LogP contribution in [0.2, 0.25) is 0 Å². The molecule has 4 aromatic heterocycles. The summed E-state index contributed by atoms with van der Waals surface area (Å²) in [6.07, 6.45) is 19.2. The van der Waals surface area contributed by atoms with Crippen molar-refractivity contribution in [2.45, 2.75) is 131 Å². The molecule has 0 spiro atoms. The van der Waals surface area contributed by atoms with Crippen LogP contribution in [0.15, 0.2) is 66.4 Å². The number of benzene rings is 2. The number of aromatic nitrogens is 1. The van der Waals surface area contributed by atoms with Gasteiger partial charge in [-0.1, -0.05) is 103 Å². The maximum atomic E-state index is 11.8. The van der Waals surface area contributed by atoms with Gasteiger partial charge in [0, 0.05) is 57.6 Å². The Morgan fingerprint density at radius 1 is 0.655 bits per heavy atom. The molecule has 1 N–H and O–H groups in total. The standard InChI is InChI=1S/C48H56N2O2S3/c1-6-10-13-16-21-33-28-37(32-40(49-5)48(51)52)53-46(33)43-31-35(23-18-15-12-8-3)47(55-43)44-30-34(22-17-14-11-7-2)45(54-44)36-26-27-42-39(29-36)38-24-19-20-25-41(38)50(42)9-4/h19-20,24-32H,6-18,21-23H2,1-4H3,(H,51,52)/b40-32-. The molecule has 0 aliphatic heterocycles. The Morgan fingerprint density at radius 2 is 1.20 bits per heavy atom. The Balaban J connectivity index is 1.46. The van der Waals surface area contributed by atoms with Crippen molar-refractivity contribution in [2.24, 2.45) is 0 Å². The van der Waals surface area contributed by atoms with Crippen LogP contribution in [0.3, 0.4) is 0 Å². The summed E-state index contributed by atoms with van der Waals surface area (Å²) in [6, 6.07) is 23.1. The number of unbranched alkanes of at least 4 members (excludes halogenated alkanes) is 9. The van der Waals surface area contributed by atoms with Gasteiger partial charge in [-0.05, 0) is 110 Å². The van der Waals surface area contributed by atoms with Gasteiger partial charge in [0.05, 0.1) is 6.57 Å². The number of thiophene rings is 3. The molecule has 55 heavy (non-hydrogen) atoms. The third kappa shape index (κ3) is 9.54. The molecule has 4 nitrogen and oxygen atoms in total. The molecular weight excluding hydrogens is 733 g/mol. The number of hydrogen-bond acceptors (Lipinski definition) is 4. The maximum Gasteiger partial charge on any atom is 0.333 e. The minimum absolute atomic E-state index is 0.233. The van der Waals surface area contributed by atoms with Crippen molar-refractivity contribution >= 4 is 67.9 Å². The molecule has 4 heterocycles. The maximum absolute atomic E-state index is 11.8. The predicted molar refractivity (Wildman–Crippen MR) is 241 cm³/mol. The molecule has 0 aliphatic carbocycles. The Labute approximate surface area is 340 Å². The quantitative estimate of drug-likeness (QED) is 0.0448. The van der Waals surface area contributed by atoms with Gasteiger partial charge in [0.15, 0.2) is 0 Å². The summed E-state index contributed by atoms with van der Waals surface area (Å²) in [6.45, 7) is 17.4. The van der Waals surface area contributed by atoms with Gasteiger partial charge in [-0.25, -0.2) is 4.85 Å². The van der Waals surface area contributed by atoms with Crippen LogP contribution < -0.4 is 0 Å². The van der Waals surface area contributed by atoms with Crippen molar-refractivity contribution < 1.29 is 9.90 Å². The van der Waals surface area contributed by atoms with Crippen LogP contribution >= 0.6 is 34.0 Å². The van der Waals surface area contributed by atoms with Crippen LogP contribution in [-0.2, 0) is 30.6 Å². The zero-order chi connectivity index (χ0) is 38.7. The Hall–Kier alpha value is -3.96. The van der Waals surface area contributed by atoms with Crippen molar-refractivity contribution in [2.75, 3.05) is 0 Å². The summed E-state index contributed by atoms with van der Waals surface area (Å²) in [4.78, 5) is 22.6. The first-order valence-electron chi connectivity index (χ1n) is 20.6. The highest BCUT2D eigenvalue weighted by Gasteiger charge is 2.22. The molecule has 0 fully saturated rings. The number of aryl methyl sites for hydroxylation is 4. The molecule has 0 saturated heterocycles. The van der Waals surface area contributed by atoms with E-state index in [1.54, 1.807) is 17.4 Å². The van der Waals surface area contributed by atoms with Crippen LogP contribution in [0, 0.1) is 6.57 Å². The lowest BCUT2D eigenvalue weighted by Crippen LogP contribution is -1.94. The van der Waals surface area contributed by atoms with Crippen LogP contribution in [0.4, 0.5) is 0 Å². The summed E-state index contributed by atoms with van der Waals surface area (Å²) >= 11 is 5.52. The average molecular weight is 789 g/mol. The number of carbonyl (C=O) groups is 1. The summed E-state index contributed by atoms with van der Waals surface area (Å²) in [5.41, 5.74) is 7.84. The molecule has 6 aromatic rings. The van der Waals surface area contributed by atoms with Crippen molar-refractivity contribution in [3.05, 3.63) is 99.3 Å². The zero-order valence-electron chi connectivity index (χ0n) is 33.1. The fourth-order valence-electron chi connectivity index (χ4n) is 7.86. The van der Waals surface area contributed by atoms with Gasteiger partial charge in [-0.2, -0.15) is 0 Å². The smallest absolute Gasteiger partial charge is 0.333 e. The molecule has 2 aromatic carbocycles. The van der Waals surface area contributed by atoms with E-state index in [-0.39, 0.29) is 5.70 Å². The molecular formula is C48H56N2O2S3. The molecule has 0 radical (unpaired) electrons. The van der Waals surface area contributed by atoms with Gasteiger partial charge in [0.1, 0.15) is 0 Å². The summed E-state index contributed by atoms with van der Waals surface area (Å²) < 4.78 is 2.44. The zero-order valence-corrected chi connectivity index (χ0v) is 35.6. The number of carboxylic acids is 1. The Kier molecular flexibility index (Phi) is 14.6. The molecule has 0 unspecified atom stereocenters. The number of aliphatic carboxylic acids is 1. The second-order valence-electron chi connectivity index (χ2n) is 14.8. The average Bonchev–Trinajstić information content (AvgIpc) is 3.98. The van der Waals surface area contributed by atoms with Crippen LogP contribution in [0.25, 0.3) is 62.7 Å². The molecule has 0 bridgehead atoms. The molecule has 0 aliphatic rings. The summed E-state index contributed by atoms with van der Waals surface area (Å²) in [7, 11) is 0. The van der Waals surface area contributed by atoms with Crippen molar-refractivity contribution in [1.82, 2.24) is 4.57 Å². The predicted octanol–water partition coefficient (Wildman–Crippen LogP) is 15.7. The number of carboxylic acid groups (broad SMARTS) is 1. The first-order chi connectivity index (χ1) is 26.9. The van der Waals surface area contributed by atoms with E-state index in [0.717, 1.165) is 37.1 Å². The highest BCUT2D eigenvalue weighted by molar-refractivity contribution is 7.27. The van der Waals surface area contributed by atoms with E-state index in [9.17, 15) is 9.90 Å². The lowest BCUT2D eigenvalue weighted by molar-refractivity contribution is -0.132. The fourth-order valence-corrected chi connectivity index (χ4v) is 11.7. The number of para-hydroxylation sites is 1. The SMILES string of the molecule is [C-]#[N+]/C(=C\c1cc(CCCCCC)c(-c2cc(CCCCCC)c(-c3cc(CCCCCC)c(-c4ccc5c(c4)c4ccccc4n5CC)s3)s2)s1)C(=O)O. The van der Waals surface area contributed by atoms with Crippen LogP contribution in [0.1, 0.15) is 126 Å². The van der Waals surface area contributed by atoms with Crippen molar-refractivity contribution in [3.63, 3.8) is 0 Å². The van der Waals surface area contributed by atoms with Gasteiger partial charge in [0.25, 0.3) is 5.70 Å². The lowest BCUT2D eigenvalue weighted by Gasteiger charge is -2.06. The van der Waals surface area contributed by atoms with Gasteiger partial charge >= 0.3 is 5.97 Å². The number of hydrogen-bond donors (Lipinski definition) is 1. The second kappa shape index (κ2) is 19.8. The molecule has 288 valence electrons. The van der Waals surface area contributed by atoms with Gasteiger partial charge in [-0.15, -0.1) is 34.0 Å². The minimum atomic E-state index is -1.17. The highest BCUT2D eigenvalue weighted by atomic mass is 32.1. The van der Waals surface area contributed by atoms with Crippen LogP contribution in [0.5, 0.6) is 0 Å². The number of fused-ring (bicyclic) bond motifs is 3. The first kappa shape index (κ1) is 40.7. The topological polar surface area (TPSA) is 46.6 Å². The van der Waals surface area contributed by atoms with E-state index >= 15 is 0 Å². The molecule has 0 amide bonds. The first-order valence-corrected chi connectivity index (χ1v) is 23.1. The molecule has 0 atom stereocenters. The third-order valence-electron chi connectivity index (χ3n) is 10.8. The Morgan fingerprint density at radius 3 is 1.78 bits per heavy atom. The van der Waals surface area contributed by atoms with Gasteiger partial charge < -0.3 is 9.67 Å². The number of nitrogens with zero attached hydrogens (tertiary/aromatic N) is 2. The molecule has 7 heteroatoms. The monoisotopic (exact) mass is 788 g/mol. The lowest BCUT2D eigenvalue weighted by atomic mass is 10.0. The molecule has 6 rings (SSSR count). The normalized spacial score (nSPS) is 11.9. The summed E-state index contributed by atoms with van der Waals surface area (Å²) in [5.74, 6) is -1.17. The number of rotatable bonds is 21. The largest absolute Gasteiger partial charge is 0.486 e. The van der Waals surface area contributed by atoms with E-state index < -0.39 is 5.97 Å². The second-order valence-corrected chi connectivity index (χ2v) is 18.0. The Bertz CT molecular complexity index is 2290. The fraction of sp³-hybridized carbons (Fsp3) is 0.417. The van der Waals surface area contributed by atoms with E-state index in [1.165, 1.54) is 139 Å². The van der Waals surface area contributed by atoms with E-state index in [4.69, 9.17) is 6.57 Å². The minimum Gasteiger partial charge on any atom is -0.486 e. The summed E-state index contributed by atoms with van der Waals surface area (Å²) in [5, 5.41) is 12.3. The van der Waals surface area contributed by atoms with E-state index in [0.29, 0.717) is 0 Å². The molecule has 0 saturated carbocycles. The highest BCUT2D eigenvalue weighted by Crippen LogP contribution is 2.48.